The van der Waals surface area contributed by atoms with Crippen LogP contribution in [0.4, 0.5) is 10.2 Å². The van der Waals surface area contributed by atoms with E-state index in [2.05, 4.69) is 15.2 Å². The summed E-state index contributed by atoms with van der Waals surface area (Å²) in [5.74, 6) is 0.741. The fraction of sp³-hybridized carbons (Fsp3) is 0.375. The molecule has 1 saturated carbocycles. The van der Waals surface area contributed by atoms with Crippen molar-refractivity contribution in [2.45, 2.75) is 51.6 Å². The summed E-state index contributed by atoms with van der Waals surface area (Å²) in [5, 5.41) is 7.63. The Morgan fingerprint density at radius 1 is 0.935 bits per heavy atom. The van der Waals surface area contributed by atoms with Crippen LogP contribution < -0.4 is 15.2 Å². The number of nitrogens with zero attached hydrogens (tertiary/aromatic N) is 3. The number of aromatic nitrogens is 3. The number of anilines is 1. The lowest BCUT2D eigenvalue weighted by Gasteiger charge is -2.21. The molecule has 6 nitrogen and oxygen atoms in total. The van der Waals surface area contributed by atoms with Gasteiger partial charge in [-0.15, -0.1) is 5.10 Å². The van der Waals surface area contributed by atoms with Gasteiger partial charge in [0.05, 0.1) is 13.3 Å². The van der Waals surface area contributed by atoms with Crippen molar-refractivity contribution >= 4 is 5.82 Å². The maximum absolute atomic E-state index is 14.7. The molecule has 1 aliphatic carbocycles. The molecule has 0 unspecified atom stereocenters. The van der Waals surface area contributed by atoms with Crippen LogP contribution in [-0.4, -0.2) is 22.3 Å². The van der Waals surface area contributed by atoms with Gasteiger partial charge in [-0.3, -0.25) is 0 Å². The minimum atomic E-state index is -0.367. The average Bonchev–Trinajstić information content (AvgIpc) is 3.12. The summed E-state index contributed by atoms with van der Waals surface area (Å²) in [6, 6.07) is 8.32. The molecule has 0 saturated heterocycles. The molecule has 2 aliphatic rings. The van der Waals surface area contributed by atoms with Gasteiger partial charge in [-0.2, -0.15) is 10.1 Å². The fourth-order valence-corrected chi connectivity index (χ4v) is 3.96. The zero-order valence-electron chi connectivity index (χ0n) is 17.7. The van der Waals surface area contributed by atoms with Crippen LogP contribution in [0.2, 0.25) is 0 Å². The van der Waals surface area contributed by atoms with E-state index >= 15 is 0 Å². The van der Waals surface area contributed by atoms with E-state index in [1.165, 1.54) is 64.3 Å². The Kier molecular flexibility index (Phi) is 6.60. The molecule has 2 aromatic heterocycles. The minimum Gasteiger partial charge on any atom is -0.480 e. The van der Waals surface area contributed by atoms with Crippen LogP contribution in [0.25, 0.3) is 22.3 Å². The molecule has 1 aromatic carbocycles. The van der Waals surface area contributed by atoms with Crippen LogP contribution in [0.1, 0.15) is 50.5 Å². The normalized spacial score (nSPS) is 14.8. The van der Waals surface area contributed by atoms with E-state index in [0.717, 1.165) is 16.7 Å². The Labute approximate surface area is 181 Å². The monoisotopic (exact) mass is 422 g/mol. The molecule has 0 bridgehead atoms. The summed E-state index contributed by atoms with van der Waals surface area (Å²) >= 11 is 0. The quantitative estimate of drug-likeness (QED) is 0.545. The first kappa shape index (κ1) is 21.0. The van der Waals surface area contributed by atoms with Crippen molar-refractivity contribution < 1.29 is 13.9 Å². The highest BCUT2D eigenvalue weighted by atomic mass is 19.1. The summed E-state index contributed by atoms with van der Waals surface area (Å²) in [6.07, 6.45) is 12.0. The predicted octanol–water partition coefficient (Wildman–Crippen LogP) is 5.56. The zero-order chi connectivity index (χ0) is 21.6. The summed E-state index contributed by atoms with van der Waals surface area (Å²) in [6.45, 7) is 0.293. The third-order valence-corrected chi connectivity index (χ3v) is 5.63. The van der Waals surface area contributed by atoms with Crippen LogP contribution in [0, 0.1) is 5.82 Å². The second-order valence-electron chi connectivity index (χ2n) is 7.83. The van der Waals surface area contributed by atoms with E-state index in [0.29, 0.717) is 35.3 Å². The second-order valence-corrected chi connectivity index (χ2v) is 7.83. The number of fused-ring (bicyclic) bond motifs is 3. The van der Waals surface area contributed by atoms with E-state index in [4.69, 9.17) is 15.2 Å². The minimum absolute atomic E-state index is 0.293. The lowest BCUT2D eigenvalue weighted by Crippen LogP contribution is -2.09. The van der Waals surface area contributed by atoms with E-state index in [1.54, 1.807) is 24.3 Å². The van der Waals surface area contributed by atoms with Crippen molar-refractivity contribution in [3.8, 4) is 34.0 Å². The van der Waals surface area contributed by atoms with Gasteiger partial charge in [-0.05, 0) is 35.4 Å². The number of ether oxygens (including phenoxy) is 2. The van der Waals surface area contributed by atoms with Gasteiger partial charge in [0.2, 0.25) is 11.8 Å². The molecular formula is C24H27FN4O2. The van der Waals surface area contributed by atoms with Crippen molar-refractivity contribution in [2.75, 3.05) is 12.8 Å². The molecule has 3 heterocycles. The largest absolute Gasteiger partial charge is 0.480 e. The van der Waals surface area contributed by atoms with Crippen LogP contribution in [0.15, 0.2) is 36.5 Å². The van der Waals surface area contributed by atoms with Gasteiger partial charge in [-0.25, -0.2) is 4.39 Å². The molecule has 0 spiro atoms. The number of nitrogen functional groups attached to an aromatic ring is 1. The Hall–Kier alpha value is -3.22. The Morgan fingerprint density at radius 3 is 2.32 bits per heavy atom. The van der Waals surface area contributed by atoms with Gasteiger partial charge >= 0.3 is 0 Å². The van der Waals surface area contributed by atoms with Gasteiger partial charge in [0.25, 0.3) is 0 Å². The van der Waals surface area contributed by atoms with Crippen LogP contribution >= 0.6 is 0 Å². The van der Waals surface area contributed by atoms with Gasteiger partial charge < -0.3 is 15.2 Å². The fourth-order valence-electron chi connectivity index (χ4n) is 3.96. The van der Waals surface area contributed by atoms with Gasteiger partial charge in [0.1, 0.15) is 18.2 Å². The number of pyridine rings is 1. The van der Waals surface area contributed by atoms with Crippen molar-refractivity contribution in [3.63, 3.8) is 0 Å². The number of nitrogens with two attached hydrogens (primary N) is 1. The third kappa shape index (κ3) is 4.93. The number of hydrogen-bond donors (Lipinski definition) is 1. The SMILES string of the molecule is C1CCCCCC1.COc1cc(-c2cc3c(cc2F)-c2ccc(N)nc2OC3)cnn1. The molecule has 162 valence electrons. The average molecular weight is 423 g/mol. The first-order chi connectivity index (χ1) is 15.2. The highest BCUT2D eigenvalue weighted by Crippen LogP contribution is 2.39. The Bertz CT molecular complexity index is 1040. The molecule has 1 fully saturated rings. The molecule has 31 heavy (non-hydrogen) atoms. The van der Waals surface area contributed by atoms with Gasteiger partial charge in [0.15, 0.2) is 0 Å². The Balaban J connectivity index is 0.000000282. The molecule has 0 amide bonds. The molecular weight excluding hydrogens is 395 g/mol. The predicted molar refractivity (Wildman–Crippen MR) is 118 cm³/mol. The highest BCUT2D eigenvalue weighted by molar-refractivity contribution is 5.78. The van der Waals surface area contributed by atoms with E-state index in [-0.39, 0.29) is 5.82 Å². The molecule has 7 heteroatoms. The molecule has 3 aromatic rings. The highest BCUT2D eigenvalue weighted by Gasteiger charge is 2.22. The van der Waals surface area contributed by atoms with Crippen molar-refractivity contribution in [1.29, 1.82) is 0 Å². The van der Waals surface area contributed by atoms with E-state index in [1.807, 2.05) is 0 Å². The molecule has 2 N–H and O–H groups in total. The van der Waals surface area contributed by atoms with Crippen LogP contribution in [0.5, 0.6) is 11.8 Å². The number of hydrogen-bond acceptors (Lipinski definition) is 6. The lowest BCUT2D eigenvalue weighted by atomic mass is 9.94. The number of halogens is 1. The maximum atomic E-state index is 14.7. The lowest BCUT2D eigenvalue weighted by molar-refractivity contribution is 0.290. The summed E-state index contributed by atoms with van der Waals surface area (Å²) < 4.78 is 25.4. The van der Waals surface area contributed by atoms with Crippen molar-refractivity contribution in [1.82, 2.24) is 15.2 Å². The van der Waals surface area contributed by atoms with Gasteiger partial charge in [0, 0.05) is 22.8 Å². The number of rotatable bonds is 2. The van der Waals surface area contributed by atoms with Gasteiger partial charge in [-0.1, -0.05) is 44.9 Å². The second kappa shape index (κ2) is 9.73. The first-order valence-corrected chi connectivity index (χ1v) is 10.7. The molecule has 5 rings (SSSR count). The first-order valence-electron chi connectivity index (χ1n) is 10.7. The molecule has 0 atom stereocenters. The summed E-state index contributed by atoms with van der Waals surface area (Å²) in [5.41, 5.74) is 9.00. The van der Waals surface area contributed by atoms with Crippen LogP contribution in [-0.2, 0) is 6.61 Å². The van der Waals surface area contributed by atoms with Crippen LogP contribution in [0.3, 0.4) is 0 Å². The zero-order valence-corrected chi connectivity index (χ0v) is 17.7. The standard InChI is InChI=1S/C17H13FN4O2.C7H14/c1-23-16-5-9(7-20-22-16)13-4-10-8-24-17-11(2-3-15(19)21-17)12(10)6-14(13)18;1-2-4-6-7-5-3-1/h2-7H,8H2,1H3,(H2,19,21);1-7H2. The summed E-state index contributed by atoms with van der Waals surface area (Å²) in [7, 11) is 1.49. The van der Waals surface area contributed by atoms with E-state index < -0.39 is 0 Å². The smallest absolute Gasteiger partial charge is 0.233 e. The number of methoxy groups -OCH3 is 1. The van der Waals surface area contributed by atoms with Crippen molar-refractivity contribution in [3.05, 3.63) is 47.9 Å². The van der Waals surface area contributed by atoms with E-state index in [9.17, 15) is 4.39 Å². The number of benzene rings is 1. The summed E-state index contributed by atoms with van der Waals surface area (Å²) in [4.78, 5) is 4.14. The third-order valence-electron chi connectivity index (χ3n) is 5.63. The maximum Gasteiger partial charge on any atom is 0.233 e. The molecule has 1 aliphatic heterocycles. The van der Waals surface area contributed by atoms with Crippen molar-refractivity contribution in [2.24, 2.45) is 0 Å². The molecule has 0 radical (unpaired) electrons. The Morgan fingerprint density at radius 2 is 1.65 bits per heavy atom. The topological polar surface area (TPSA) is 83.2 Å².